The van der Waals surface area contributed by atoms with Crippen molar-refractivity contribution in [1.82, 2.24) is 0 Å². The molecule has 0 atom stereocenters. The van der Waals surface area contributed by atoms with Gasteiger partial charge in [-0.1, -0.05) is 42.5 Å². The summed E-state index contributed by atoms with van der Waals surface area (Å²) < 4.78 is 0. The highest BCUT2D eigenvalue weighted by Crippen LogP contribution is 2.14. The standard InChI is InChI=1S/C8H7Cl.CH3NO2/c1-2-7-5-3-4-6-8(7)9;2-1(3)4/h2-6H,1H2;2H2,(H,3,4). The van der Waals surface area contributed by atoms with Crippen LogP contribution in [0, 0.1) is 0 Å². The lowest BCUT2D eigenvalue weighted by molar-refractivity contribution is 0.205. The third kappa shape index (κ3) is 5.75. The monoisotopic (exact) mass is 199 g/mol. The smallest absolute Gasteiger partial charge is 0.402 e. The van der Waals surface area contributed by atoms with Gasteiger partial charge in [-0.15, -0.1) is 0 Å². The molecule has 3 N–H and O–H groups in total. The Kier molecular flexibility index (Phi) is 5.39. The first-order valence-electron chi connectivity index (χ1n) is 3.43. The van der Waals surface area contributed by atoms with Crippen molar-refractivity contribution in [2.75, 3.05) is 0 Å². The zero-order valence-corrected chi connectivity index (χ0v) is 7.66. The second kappa shape index (κ2) is 6.08. The maximum atomic E-state index is 8.78. The summed E-state index contributed by atoms with van der Waals surface area (Å²) in [7, 11) is 0. The largest absolute Gasteiger partial charge is 0.465 e. The van der Waals surface area contributed by atoms with Crippen molar-refractivity contribution < 1.29 is 9.90 Å². The van der Waals surface area contributed by atoms with E-state index in [1.807, 2.05) is 24.3 Å². The molecule has 0 aliphatic rings. The van der Waals surface area contributed by atoms with Gasteiger partial charge in [0.1, 0.15) is 0 Å². The Morgan fingerprint density at radius 1 is 1.54 bits per heavy atom. The van der Waals surface area contributed by atoms with E-state index in [0.717, 1.165) is 10.6 Å². The Morgan fingerprint density at radius 3 is 2.31 bits per heavy atom. The molecule has 4 heteroatoms. The van der Waals surface area contributed by atoms with Crippen molar-refractivity contribution >= 4 is 23.8 Å². The van der Waals surface area contributed by atoms with Crippen molar-refractivity contribution in [3.05, 3.63) is 41.4 Å². The van der Waals surface area contributed by atoms with Crippen LogP contribution in [0.3, 0.4) is 0 Å². The number of carbonyl (C=O) groups is 1. The number of nitrogens with two attached hydrogens (primary N) is 1. The Balaban J connectivity index is 0.000000310. The van der Waals surface area contributed by atoms with E-state index in [9.17, 15) is 0 Å². The number of rotatable bonds is 1. The third-order valence-corrected chi connectivity index (χ3v) is 1.47. The first-order chi connectivity index (χ1) is 6.07. The number of primary amides is 1. The molecule has 1 aromatic rings. The van der Waals surface area contributed by atoms with Crippen LogP contribution < -0.4 is 5.73 Å². The molecule has 0 aliphatic carbocycles. The molecule has 1 aromatic carbocycles. The second-order valence-electron chi connectivity index (χ2n) is 2.06. The van der Waals surface area contributed by atoms with Crippen molar-refractivity contribution in [3.8, 4) is 0 Å². The second-order valence-corrected chi connectivity index (χ2v) is 2.47. The fraction of sp³-hybridized carbons (Fsp3) is 0. The number of halogens is 1. The van der Waals surface area contributed by atoms with Crippen LogP contribution in [0.15, 0.2) is 30.8 Å². The lowest BCUT2D eigenvalue weighted by atomic mass is 10.2. The van der Waals surface area contributed by atoms with E-state index >= 15 is 0 Å². The highest BCUT2D eigenvalue weighted by molar-refractivity contribution is 6.32. The van der Waals surface area contributed by atoms with E-state index in [1.165, 1.54) is 0 Å². The average Bonchev–Trinajstić information content (AvgIpc) is 2.04. The van der Waals surface area contributed by atoms with Crippen LogP contribution in [0.5, 0.6) is 0 Å². The molecule has 3 nitrogen and oxygen atoms in total. The SMILES string of the molecule is C=Cc1ccccc1Cl.NC(=O)O. The van der Waals surface area contributed by atoms with Gasteiger partial charge in [-0.3, -0.25) is 0 Å². The normalized spacial score (nSPS) is 8.08. The molecule has 0 spiro atoms. The molecular formula is C9H10ClNO2. The zero-order valence-electron chi connectivity index (χ0n) is 6.90. The van der Waals surface area contributed by atoms with Gasteiger partial charge in [0.2, 0.25) is 0 Å². The van der Waals surface area contributed by atoms with Gasteiger partial charge in [-0.05, 0) is 11.6 Å². The summed E-state index contributed by atoms with van der Waals surface area (Å²) in [6.07, 6.45) is 0.405. The van der Waals surface area contributed by atoms with Crippen LogP contribution in [0.2, 0.25) is 5.02 Å². The Hall–Kier alpha value is -1.48. The molecular weight excluding hydrogens is 190 g/mol. The Labute approximate surface area is 81.4 Å². The van der Waals surface area contributed by atoms with E-state index in [-0.39, 0.29) is 0 Å². The van der Waals surface area contributed by atoms with E-state index in [2.05, 4.69) is 12.3 Å². The van der Waals surface area contributed by atoms with E-state index in [4.69, 9.17) is 21.5 Å². The molecule has 0 heterocycles. The van der Waals surface area contributed by atoms with Gasteiger partial charge in [0.15, 0.2) is 0 Å². The average molecular weight is 200 g/mol. The molecule has 13 heavy (non-hydrogen) atoms. The van der Waals surface area contributed by atoms with Gasteiger partial charge in [0.05, 0.1) is 0 Å². The molecule has 0 radical (unpaired) electrons. The van der Waals surface area contributed by atoms with Gasteiger partial charge >= 0.3 is 6.09 Å². The molecule has 0 saturated heterocycles. The van der Waals surface area contributed by atoms with Crippen LogP contribution in [-0.4, -0.2) is 11.2 Å². The first kappa shape index (κ1) is 11.5. The van der Waals surface area contributed by atoms with Gasteiger partial charge < -0.3 is 10.8 Å². The fourth-order valence-electron chi connectivity index (χ4n) is 0.641. The first-order valence-corrected chi connectivity index (χ1v) is 3.81. The number of hydrogen-bond donors (Lipinski definition) is 2. The summed E-state index contributed by atoms with van der Waals surface area (Å²) >= 11 is 5.75. The van der Waals surface area contributed by atoms with Gasteiger partial charge in [0.25, 0.3) is 0 Å². The Bertz CT molecular complexity index is 295. The number of carboxylic acid groups (broad SMARTS) is 1. The number of hydrogen-bond acceptors (Lipinski definition) is 1. The maximum absolute atomic E-state index is 8.78. The van der Waals surface area contributed by atoms with Gasteiger partial charge in [-0.25, -0.2) is 4.79 Å². The van der Waals surface area contributed by atoms with Crippen molar-refractivity contribution in [1.29, 1.82) is 0 Å². The fourth-order valence-corrected chi connectivity index (χ4v) is 0.854. The molecule has 1 rings (SSSR count). The summed E-state index contributed by atoms with van der Waals surface area (Å²) in [4.78, 5) is 8.78. The van der Waals surface area contributed by atoms with Crippen LogP contribution in [0.1, 0.15) is 5.56 Å². The van der Waals surface area contributed by atoms with Crippen LogP contribution in [-0.2, 0) is 0 Å². The maximum Gasteiger partial charge on any atom is 0.402 e. The molecule has 0 unspecified atom stereocenters. The van der Waals surface area contributed by atoms with Gasteiger partial charge in [0, 0.05) is 5.02 Å². The summed E-state index contributed by atoms with van der Waals surface area (Å²) in [6.45, 7) is 3.61. The third-order valence-electron chi connectivity index (χ3n) is 1.13. The van der Waals surface area contributed by atoms with E-state index < -0.39 is 6.09 Å². The highest BCUT2D eigenvalue weighted by Gasteiger charge is 1.89. The van der Waals surface area contributed by atoms with Crippen molar-refractivity contribution in [3.63, 3.8) is 0 Å². The zero-order chi connectivity index (χ0) is 10.3. The topological polar surface area (TPSA) is 63.3 Å². The van der Waals surface area contributed by atoms with Crippen molar-refractivity contribution in [2.45, 2.75) is 0 Å². The van der Waals surface area contributed by atoms with Crippen LogP contribution >= 0.6 is 11.6 Å². The molecule has 0 bridgehead atoms. The van der Waals surface area contributed by atoms with Crippen LogP contribution in [0.25, 0.3) is 6.08 Å². The van der Waals surface area contributed by atoms with Crippen LogP contribution in [0.4, 0.5) is 4.79 Å². The molecule has 0 aliphatic heterocycles. The van der Waals surface area contributed by atoms with Crippen molar-refractivity contribution in [2.24, 2.45) is 5.73 Å². The predicted octanol–water partition coefficient (Wildman–Crippen LogP) is 2.61. The summed E-state index contributed by atoms with van der Waals surface area (Å²) in [5, 5.41) is 7.95. The molecule has 0 fully saturated rings. The molecule has 0 saturated carbocycles. The minimum absolute atomic E-state index is 0.757. The molecule has 1 amide bonds. The van der Waals surface area contributed by atoms with E-state index in [0.29, 0.717) is 0 Å². The minimum atomic E-state index is -1.33. The molecule has 0 aromatic heterocycles. The number of amides is 1. The lowest BCUT2D eigenvalue weighted by Gasteiger charge is -1.92. The lowest BCUT2D eigenvalue weighted by Crippen LogP contribution is -2.03. The molecule has 70 valence electrons. The van der Waals surface area contributed by atoms with E-state index in [1.54, 1.807) is 6.08 Å². The quantitative estimate of drug-likeness (QED) is 0.730. The summed E-state index contributed by atoms with van der Waals surface area (Å²) in [6, 6.07) is 7.60. The highest BCUT2D eigenvalue weighted by atomic mass is 35.5. The van der Waals surface area contributed by atoms with Gasteiger partial charge in [-0.2, -0.15) is 0 Å². The minimum Gasteiger partial charge on any atom is -0.465 e. The summed E-state index contributed by atoms with van der Waals surface area (Å²) in [5.41, 5.74) is 5.01. The predicted molar refractivity (Wildman–Crippen MR) is 53.8 cm³/mol. The number of benzene rings is 1. The Morgan fingerprint density at radius 2 is 2.00 bits per heavy atom. The summed E-state index contributed by atoms with van der Waals surface area (Å²) in [5.74, 6) is 0.